The molecular weight excluding hydrogens is 286 g/mol. The number of anilines is 2. The molecule has 0 saturated heterocycles. The first-order chi connectivity index (χ1) is 10.0. The van der Waals surface area contributed by atoms with E-state index in [1.807, 2.05) is 30.9 Å². The summed E-state index contributed by atoms with van der Waals surface area (Å²) in [5, 5.41) is 9.78. The van der Waals surface area contributed by atoms with E-state index >= 15 is 0 Å². The van der Waals surface area contributed by atoms with E-state index in [4.69, 9.17) is 11.6 Å². The van der Waals surface area contributed by atoms with Gasteiger partial charge in [-0.1, -0.05) is 11.6 Å². The van der Waals surface area contributed by atoms with Crippen molar-refractivity contribution in [1.82, 2.24) is 9.97 Å². The third-order valence-electron chi connectivity index (χ3n) is 3.00. The highest BCUT2D eigenvalue weighted by Gasteiger charge is 2.09. The van der Waals surface area contributed by atoms with Crippen molar-refractivity contribution in [2.45, 2.75) is 6.54 Å². The van der Waals surface area contributed by atoms with Crippen LogP contribution in [0.4, 0.5) is 11.6 Å². The molecule has 1 aromatic carbocycles. The average molecular weight is 302 g/mol. The molecule has 0 saturated carbocycles. The number of benzene rings is 1. The Bertz CT molecular complexity index is 661. The molecule has 0 atom stereocenters. The molecule has 5 nitrogen and oxygen atoms in total. The van der Waals surface area contributed by atoms with Crippen LogP contribution in [0, 0.1) is 11.3 Å². The molecule has 2 rings (SSSR count). The molecule has 1 aromatic heterocycles. The van der Waals surface area contributed by atoms with E-state index < -0.39 is 0 Å². The summed E-state index contributed by atoms with van der Waals surface area (Å²) in [6, 6.07) is 7.40. The third kappa shape index (κ3) is 3.61. The first-order valence-electron chi connectivity index (χ1n) is 6.40. The molecule has 0 unspecified atom stereocenters. The highest BCUT2D eigenvalue weighted by Crippen LogP contribution is 2.24. The normalized spacial score (nSPS) is 10.0. The van der Waals surface area contributed by atoms with Crippen LogP contribution in [0.15, 0.2) is 30.6 Å². The van der Waals surface area contributed by atoms with Gasteiger partial charge in [-0.05, 0) is 18.2 Å². The van der Waals surface area contributed by atoms with Crippen molar-refractivity contribution < 1.29 is 0 Å². The van der Waals surface area contributed by atoms with Gasteiger partial charge in [0.25, 0.3) is 0 Å². The van der Waals surface area contributed by atoms with Crippen molar-refractivity contribution in [2.24, 2.45) is 0 Å². The molecule has 0 aliphatic rings. The van der Waals surface area contributed by atoms with E-state index in [1.165, 1.54) is 0 Å². The Kier molecular flexibility index (Phi) is 4.61. The van der Waals surface area contributed by atoms with Crippen LogP contribution >= 0.6 is 11.6 Å². The van der Waals surface area contributed by atoms with E-state index in [0.29, 0.717) is 23.1 Å². The van der Waals surface area contributed by atoms with Crippen molar-refractivity contribution in [3.05, 3.63) is 46.7 Å². The summed E-state index contributed by atoms with van der Waals surface area (Å²) in [6.45, 7) is 0.600. The maximum absolute atomic E-state index is 9.17. The van der Waals surface area contributed by atoms with Gasteiger partial charge >= 0.3 is 0 Å². The fourth-order valence-corrected chi connectivity index (χ4v) is 2.10. The fraction of sp³-hybridized carbons (Fsp3) is 0.267. The van der Waals surface area contributed by atoms with Crippen LogP contribution in [0.5, 0.6) is 0 Å². The van der Waals surface area contributed by atoms with Gasteiger partial charge in [-0.2, -0.15) is 5.26 Å². The Hall–Kier alpha value is -2.32. The molecular formula is C15H16ClN5. The molecule has 0 amide bonds. The van der Waals surface area contributed by atoms with Crippen LogP contribution in [-0.2, 0) is 6.54 Å². The Morgan fingerprint density at radius 1 is 1.19 bits per heavy atom. The van der Waals surface area contributed by atoms with Gasteiger partial charge in [0.1, 0.15) is 6.07 Å². The molecule has 21 heavy (non-hydrogen) atoms. The summed E-state index contributed by atoms with van der Waals surface area (Å²) in [4.78, 5) is 12.4. The first-order valence-corrected chi connectivity index (χ1v) is 6.78. The largest absolute Gasteiger partial charge is 0.369 e. The smallest absolute Gasteiger partial charge is 0.224 e. The highest BCUT2D eigenvalue weighted by molar-refractivity contribution is 6.30. The lowest BCUT2D eigenvalue weighted by molar-refractivity contribution is 0.891. The topological polar surface area (TPSA) is 56.1 Å². The van der Waals surface area contributed by atoms with Gasteiger partial charge in [0.15, 0.2) is 0 Å². The molecule has 1 heterocycles. The number of hydrogen-bond acceptors (Lipinski definition) is 5. The maximum atomic E-state index is 9.17. The van der Waals surface area contributed by atoms with Crippen LogP contribution in [0.3, 0.4) is 0 Å². The molecule has 6 heteroatoms. The Morgan fingerprint density at radius 2 is 1.86 bits per heavy atom. The van der Waals surface area contributed by atoms with Crippen LogP contribution in [0.1, 0.15) is 11.1 Å². The Balaban J connectivity index is 2.20. The minimum Gasteiger partial charge on any atom is -0.369 e. The second kappa shape index (κ2) is 6.42. The van der Waals surface area contributed by atoms with Gasteiger partial charge in [-0.3, -0.25) is 0 Å². The van der Waals surface area contributed by atoms with E-state index in [0.717, 1.165) is 11.3 Å². The Labute approximate surface area is 129 Å². The van der Waals surface area contributed by atoms with Crippen LogP contribution in [0.2, 0.25) is 5.02 Å². The van der Waals surface area contributed by atoms with Crippen molar-refractivity contribution in [3.63, 3.8) is 0 Å². The molecule has 0 fully saturated rings. The molecule has 0 radical (unpaired) electrons. The molecule has 0 aliphatic carbocycles. The number of hydrogen-bond donors (Lipinski definition) is 0. The number of aromatic nitrogens is 2. The van der Waals surface area contributed by atoms with E-state index in [-0.39, 0.29) is 0 Å². The summed E-state index contributed by atoms with van der Waals surface area (Å²) in [6.07, 6.45) is 3.57. The standard InChI is InChI=1S/C15H16ClN5/c1-20(2)15-18-8-11(9-19-15)10-21(3)14-6-13(16)5-4-12(14)7-17/h4-6,8-9H,10H2,1-3H3. The molecule has 0 bridgehead atoms. The highest BCUT2D eigenvalue weighted by atomic mass is 35.5. The molecule has 2 aromatic rings. The number of rotatable bonds is 4. The SMILES string of the molecule is CN(C)c1ncc(CN(C)c2cc(Cl)ccc2C#N)cn1. The minimum atomic E-state index is 0.590. The van der Waals surface area contributed by atoms with Crippen molar-refractivity contribution in [1.29, 1.82) is 5.26 Å². The monoisotopic (exact) mass is 301 g/mol. The zero-order valence-corrected chi connectivity index (χ0v) is 13.0. The van der Waals surface area contributed by atoms with E-state index in [1.54, 1.807) is 30.6 Å². The van der Waals surface area contributed by atoms with Gasteiger partial charge < -0.3 is 9.80 Å². The average Bonchev–Trinajstić information content (AvgIpc) is 2.47. The van der Waals surface area contributed by atoms with Crippen LogP contribution in [0.25, 0.3) is 0 Å². The lowest BCUT2D eigenvalue weighted by atomic mass is 10.1. The van der Waals surface area contributed by atoms with E-state index in [2.05, 4.69) is 16.0 Å². The van der Waals surface area contributed by atoms with Crippen molar-refractivity contribution >= 4 is 23.2 Å². The second-order valence-electron chi connectivity index (χ2n) is 4.92. The van der Waals surface area contributed by atoms with Crippen molar-refractivity contribution in [2.75, 3.05) is 30.9 Å². The van der Waals surface area contributed by atoms with Gasteiger partial charge in [0, 0.05) is 50.7 Å². The molecule has 108 valence electrons. The molecule has 0 N–H and O–H groups in total. The predicted octanol–water partition coefficient (Wildman–Crippen LogP) is 2.70. The zero-order valence-electron chi connectivity index (χ0n) is 12.2. The van der Waals surface area contributed by atoms with Crippen molar-refractivity contribution in [3.8, 4) is 6.07 Å². The van der Waals surface area contributed by atoms with Gasteiger partial charge in [0.2, 0.25) is 5.95 Å². The number of nitrogens with zero attached hydrogens (tertiary/aromatic N) is 5. The van der Waals surface area contributed by atoms with E-state index in [9.17, 15) is 5.26 Å². The summed E-state index contributed by atoms with van der Waals surface area (Å²) >= 11 is 6.01. The summed E-state index contributed by atoms with van der Waals surface area (Å²) < 4.78 is 0. The lowest BCUT2D eigenvalue weighted by Crippen LogP contribution is -2.18. The fourth-order valence-electron chi connectivity index (χ4n) is 1.93. The zero-order chi connectivity index (χ0) is 15.4. The summed E-state index contributed by atoms with van der Waals surface area (Å²) in [5.41, 5.74) is 2.35. The number of nitriles is 1. The van der Waals surface area contributed by atoms with Gasteiger partial charge in [-0.15, -0.1) is 0 Å². The second-order valence-corrected chi connectivity index (χ2v) is 5.35. The lowest BCUT2D eigenvalue weighted by Gasteiger charge is -2.21. The quantitative estimate of drug-likeness (QED) is 0.869. The third-order valence-corrected chi connectivity index (χ3v) is 3.24. The van der Waals surface area contributed by atoms with Crippen LogP contribution in [-0.4, -0.2) is 31.1 Å². The maximum Gasteiger partial charge on any atom is 0.224 e. The molecule has 0 aliphatic heterocycles. The molecule has 0 spiro atoms. The summed E-state index contributed by atoms with van der Waals surface area (Å²) in [5.74, 6) is 0.668. The minimum absolute atomic E-state index is 0.590. The van der Waals surface area contributed by atoms with Gasteiger partial charge in [-0.25, -0.2) is 9.97 Å². The Morgan fingerprint density at radius 3 is 2.43 bits per heavy atom. The number of halogens is 1. The summed E-state index contributed by atoms with van der Waals surface area (Å²) in [7, 11) is 5.70. The van der Waals surface area contributed by atoms with Crippen LogP contribution < -0.4 is 9.80 Å². The first kappa shape index (κ1) is 15.1. The predicted molar refractivity (Wildman–Crippen MR) is 84.6 cm³/mol. The van der Waals surface area contributed by atoms with Gasteiger partial charge in [0.05, 0.1) is 11.3 Å².